The average molecular weight is 394 g/mol. The number of non-ortho nitro benzene ring substituents is 1. The summed E-state index contributed by atoms with van der Waals surface area (Å²) >= 11 is 0. The summed E-state index contributed by atoms with van der Waals surface area (Å²) in [5, 5.41) is 22.1. The Morgan fingerprint density at radius 3 is 2.52 bits per heavy atom. The maximum atomic E-state index is 11.1. The lowest BCUT2D eigenvalue weighted by Crippen LogP contribution is -3.12. The first-order valence-electron chi connectivity index (χ1n) is 9.69. The van der Waals surface area contributed by atoms with Crippen LogP contribution in [0.3, 0.4) is 0 Å². The van der Waals surface area contributed by atoms with Gasteiger partial charge in [-0.05, 0) is 30.7 Å². The molecule has 0 radical (unpaired) electrons. The van der Waals surface area contributed by atoms with Gasteiger partial charge in [0.25, 0.3) is 5.69 Å². The lowest BCUT2D eigenvalue weighted by Gasteiger charge is -2.29. The van der Waals surface area contributed by atoms with Gasteiger partial charge in [0.1, 0.15) is 17.9 Å². The van der Waals surface area contributed by atoms with Gasteiger partial charge in [0.2, 0.25) is 0 Å². The standard InChI is InChI=1S/C21H22N4O4/c1-14-2-7-19-22-20(15-3-5-17(6-4-15)25(28)29)18(24(19)12-14)13-23-10-8-16(9-11-23)21(26)27/h2-7,12,16H,8-11,13H2,1H3,(H,26,27). The summed E-state index contributed by atoms with van der Waals surface area (Å²) in [7, 11) is 0. The number of pyridine rings is 1. The summed E-state index contributed by atoms with van der Waals surface area (Å²) in [6.07, 6.45) is 3.26. The molecule has 1 fully saturated rings. The number of benzene rings is 1. The number of carboxylic acids is 1. The number of likely N-dealkylation sites (tertiary alicyclic amines) is 1. The summed E-state index contributed by atoms with van der Waals surface area (Å²) in [6, 6.07) is 10.4. The molecule has 1 saturated heterocycles. The van der Waals surface area contributed by atoms with Gasteiger partial charge in [-0.3, -0.25) is 14.5 Å². The second-order valence-corrected chi connectivity index (χ2v) is 7.67. The lowest BCUT2D eigenvalue weighted by molar-refractivity contribution is -0.919. The van der Waals surface area contributed by atoms with Crippen LogP contribution in [0.25, 0.3) is 16.9 Å². The van der Waals surface area contributed by atoms with Gasteiger partial charge in [0.05, 0.1) is 23.7 Å². The maximum absolute atomic E-state index is 11.1. The molecule has 0 spiro atoms. The number of aliphatic carboxylic acids is 1. The molecule has 3 aromatic rings. The van der Waals surface area contributed by atoms with Gasteiger partial charge in [0, 0.05) is 48.6 Å². The van der Waals surface area contributed by atoms with Crippen LogP contribution in [0, 0.1) is 23.0 Å². The number of carbonyl (C=O) groups is 1. The number of aryl methyl sites for hydroxylation is 1. The van der Waals surface area contributed by atoms with Crippen LogP contribution in [0.4, 0.5) is 5.69 Å². The number of hydrogen-bond donors (Lipinski definition) is 1. The number of nitro benzene ring substituents is 1. The fourth-order valence-electron chi connectivity index (χ4n) is 4.02. The SMILES string of the molecule is Cc1ccc2nc(-c3ccc([N+](=O)[O-])cc3)c(C[NH+]3CCC(C(=O)[O-])CC3)n2c1. The zero-order valence-corrected chi connectivity index (χ0v) is 16.1. The number of hydrogen-bond acceptors (Lipinski definition) is 5. The predicted molar refractivity (Wildman–Crippen MR) is 104 cm³/mol. The van der Waals surface area contributed by atoms with Gasteiger partial charge in [-0.25, -0.2) is 4.98 Å². The Kier molecular flexibility index (Phi) is 5.02. The first kappa shape index (κ1) is 19.1. The minimum Gasteiger partial charge on any atom is -0.550 e. The highest BCUT2D eigenvalue weighted by molar-refractivity contribution is 5.68. The largest absolute Gasteiger partial charge is 0.550 e. The molecule has 1 aromatic carbocycles. The van der Waals surface area contributed by atoms with Gasteiger partial charge < -0.3 is 14.8 Å². The Balaban J connectivity index is 1.69. The van der Waals surface area contributed by atoms with Gasteiger partial charge in [-0.15, -0.1) is 0 Å². The fraction of sp³-hybridized carbons (Fsp3) is 0.333. The Morgan fingerprint density at radius 2 is 1.90 bits per heavy atom. The van der Waals surface area contributed by atoms with Crippen LogP contribution < -0.4 is 10.0 Å². The number of quaternary nitrogens is 1. The number of piperidine rings is 1. The molecule has 150 valence electrons. The molecule has 8 nitrogen and oxygen atoms in total. The zero-order valence-electron chi connectivity index (χ0n) is 16.1. The molecule has 0 unspecified atom stereocenters. The third-order valence-electron chi connectivity index (χ3n) is 5.66. The summed E-state index contributed by atoms with van der Waals surface area (Å²) in [5.74, 6) is -1.32. The highest BCUT2D eigenvalue weighted by Crippen LogP contribution is 2.26. The molecule has 8 heteroatoms. The van der Waals surface area contributed by atoms with Crippen LogP contribution in [-0.2, 0) is 11.3 Å². The highest BCUT2D eigenvalue weighted by Gasteiger charge is 2.26. The first-order chi connectivity index (χ1) is 13.9. The molecule has 0 amide bonds. The number of nitrogens with one attached hydrogen (secondary N) is 1. The van der Waals surface area contributed by atoms with Crippen LogP contribution >= 0.6 is 0 Å². The molecule has 0 saturated carbocycles. The van der Waals surface area contributed by atoms with Gasteiger partial charge in [-0.1, -0.05) is 6.07 Å². The number of nitro groups is 1. The van der Waals surface area contributed by atoms with Crippen molar-refractivity contribution in [2.75, 3.05) is 13.1 Å². The van der Waals surface area contributed by atoms with E-state index in [2.05, 4.69) is 4.40 Å². The quantitative estimate of drug-likeness (QED) is 0.508. The molecule has 1 N–H and O–H groups in total. The summed E-state index contributed by atoms with van der Waals surface area (Å²) < 4.78 is 2.07. The van der Waals surface area contributed by atoms with E-state index in [0.717, 1.165) is 41.3 Å². The first-order valence-corrected chi connectivity index (χ1v) is 9.69. The van der Waals surface area contributed by atoms with E-state index in [0.29, 0.717) is 19.4 Å². The van der Waals surface area contributed by atoms with Crippen molar-refractivity contribution >= 4 is 17.3 Å². The van der Waals surface area contributed by atoms with Gasteiger partial charge in [0.15, 0.2) is 0 Å². The lowest BCUT2D eigenvalue weighted by atomic mass is 9.97. The molecule has 1 aliphatic heterocycles. The topological polar surface area (TPSA) is 105 Å². The van der Waals surface area contributed by atoms with E-state index in [1.165, 1.54) is 17.0 Å². The van der Waals surface area contributed by atoms with Crippen LogP contribution in [-0.4, -0.2) is 33.4 Å². The van der Waals surface area contributed by atoms with Crippen LogP contribution in [0.1, 0.15) is 24.1 Å². The Hall–Kier alpha value is -3.26. The second kappa shape index (κ2) is 7.63. The van der Waals surface area contributed by atoms with Crippen molar-refractivity contribution in [1.29, 1.82) is 0 Å². The van der Waals surface area contributed by atoms with Gasteiger partial charge in [-0.2, -0.15) is 0 Å². The Labute approximate surface area is 167 Å². The second-order valence-electron chi connectivity index (χ2n) is 7.67. The van der Waals surface area contributed by atoms with E-state index in [-0.39, 0.29) is 11.6 Å². The fourth-order valence-corrected chi connectivity index (χ4v) is 4.02. The van der Waals surface area contributed by atoms with Crippen LogP contribution in [0.5, 0.6) is 0 Å². The van der Waals surface area contributed by atoms with Crippen molar-refractivity contribution in [2.24, 2.45) is 5.92 Å². The van der Waals surface area contributed by atoms with Gasteiger partial charge >= 0.3 is 0 Å². The van der Waals surface area contributed by atoms with Crippen molar-refractivity contribution < 1.29 is 19.7 Å². The molecule has 4 rings (SSSR count). The molecule has 0 aliphatic carbocycles. The van der Waals surface area contributed by atoms with Crippen LogP contribution in [0.2, 0.25) is 0 Å². The monoisotopic (exact) mass is 394 g/mol. The van der Waals surface area contributed by atoms with E-state index in [1.807, 2.05) is 25.3 Å². The van der Waals surface area contributed by atoms with Crippen molar-refractivity contribution in [1.82, 2.24) is 9.38 Å². The zero-order chi connectivity index (χ0) is 20.5. The molecular formula is C21H22N4O4. The van der Waals surface area contributed by atoms with Crippen molar-refractivity contribution in [3.63, 3.8) is 0 Å². The molecule has 1 aliphatic rings. The summed E-state index contributed by atoms with van der Waals surface area (Å²) in [6.45, 7) is 4.25. The minimum atomic E-state index is -0.957. The Bertz CT molecular complexity index is 1070. The van der Waals surface area contributed by atoms with E-state index in [9.17, 15) is 20.0 Å². The minimum absolute atomic E-state index is 0.0462. The normalized spacial score (nSPS) is 19.3. The number of imidazole rings is 1. The maximum Gasteiger partial charge on any atom is 0.269 e. The van der Waals surface area contributed by atoms with E-state index in [1.54, 1.807) is 12.1 Å². The number of carbonyl (C=O) groups excluding carboxylic acids is 1. The summed E-state index contributed by atoms with van der Waals surface area (Å²) in [4.78, 5) is 27.8. The van der Waals surface area contributed by atoms with E-state index < -0.39 is 10.9 Å². The number of carboxylic acid groups (broad SMARTS) is 1. The molecule has 3 heterocycles. The van der Waals surface area contributed by atoms with Crippen molar-refractivity contribution in [3.05, 3.63) is 64.0 Å². The molecular weight excluding hydrogens is 372 g/mol. The molecule has 2 aromatic heterocycles. The number of rotatable bonds is 5. The third-order valence-corrected chi connectivity index (χ3v) is 5.66. The Morgan fingerprint density at radius 1 is 1.21 bits per heavy atom. The third kappa shape index (κ3) is 3.84. The highest BCUT2D eigenvalue weighted by atomic mass is 16.6. The smallest absolute Gasteiger partial charge is 0.269 e. The van der Waals surface area contributed by atoms with E-state index >= 15 is 0 Å². The molecule has 0 bridgehead atoms. The summed E-state index contributed by atoms with van der Waals surface area (Å²) in [5.41, 5.74) is 4.64. The van der Waals surface area contributed by atoms with E-state index in [4.69, 9.17) is 4.98 Å². The van der Waals surface area contributed by atoms with Crippen molar-refractivity contribution in [3.8, 4) is 11.3 Å². The number of aromatic nitrogens is 2. The number of fused-ring (bicyclic) bond motifs is 1. The molecule has 0 atom stereocenters. The van der Waals surface area contributed by atoms with Crippen LogP contribution in [0.15, 0.2) is 42.6 Å². The number of nitrogens with zero attached hydrogens (tertiary/aromatic N) is 3. The predicted octanol–water partition coefficient (Wildman–Crippen LogP) is 0.763. The average Bonchev–Trinajstić information content (AvgIpc) is 3.06. The van der Waals surface area contributed by atoms with Crippen molar-refractivity contribution in [2.45, 2.75) is 26.3 Å². The molecule has 29 heavy (non-hydrogen) atoms.